The van der Waals surface area contributed by atoms with E-state index in [9.17, 15) is 14.3 Å². The number of nitrogens with one attached hydrogen (secondary N) is 1. The smallest absolute Gasteiger partial charge is 0.321 e. The Bertz CT molecular complexity index is 852. The molecule has 0 fully saturated rings. The van der Waals surface area contributed by atoms with Crippen LogP contribution in [0.25, 0.3) is 10.9 Å². The molecule has 0 aliphatic heterocycles. The van der Waals surface area contributed by atoms with Crippen LogP contribution in [0.1, 0.15) is 11.1 Å². The zero-order valence-corrected chi connectivity index (χ0v) is 12.9. The maximum atomic E-state index is 13.8. The van der Waals surface area contributed by atoms with Crippen molar-refractivity contribution in [2.75, 3.05) is 0 Å². The monoisotopic (exact) mass is 324 g/mol. The normalized spacial score (nSPS) is 12.2. The zero-order chi connectivity index (χ0) is 16.9. The van der Waals surface area contributed by atoms with Gasteiger partial charge in [-0.05, 0) is 35.7 Å². The molecule has 5 heteroatoms. The fraction of sp³-hybridized carbons (Fsp3) is 0.158. The van der Waals surface area contributed by atoms with Crippen molar-refractivity contribution in [3.63, 3.8) is 0 Å². The van der Waals surface area contributed by atoms with Crippen molar-refractivity contribution in [3.8, 4) is 0 Å². The fourth-order valence-electron chi connectivity index (χ4n) is 2.67. The fourth-order valence-corrected chi connectivity index (χ4v) is 2.67. The molecule has 2 aromatic carbocycles. The summed E-state index contributed by atoms with van der Waals surface area (Å²) in [4.78, 5) is 15.7. The molecule has 24 heavy (non-hydrogen) atoms. The van der Waals surface area contributed by atoms with Gasteiger partial charge in [0.1, 0.15) is 11.9 Å². The minimum atomic E-state index is -0.918. The summed E-state index contributed by atoms with van der Waals surface area (Å²) >= 11 is 0. The number of hydrogen-bond donors (Lipinski definition) is 2. The number of carbonyl (C=O) groups is 1. The molecular weight excluding hydrogens is 307 g/mol. The second-order valence-electron chi connectivity index (χ2n) is 5.57. The van der Waals surface area contributed by atoms with Gasteiger partial charge in [0.25, 0.3) is 0 Å². The van der Waals surface area contributed by atoms with Gasteiger partial charge in [-0.15, -0.1) is 0 Å². The number of carboxylic acid groups (broad SMARTS) is 1. The number of rotatable bonds is 6. The van der Waals surface area contributed by atoms with Crippen molar-refractivity contribution < 1.29 is 14.3 Å². The van der Waals surface area contributed by atoms with Gasteiger partial charge < -0.3 is 5.11 Å². The molecule has 0 radical (unpaired) electrons. The highest BCUT2D eigenvalue weighted by Crippen LogP contribution is 2.19. The third-order valence-electron chi connectivity index (χ3n) is 3.92. The number of carboxylic acids is 1. The van der Waals surface area contributed by atoms with Crippen molar-refractivity contribution in [2.45, 2.75) is 19.0 Å². The SMILES string of the molecule is O=C(O)[C@@H](Cc1ccccc1)NCc1ccc(F)c2cccnc12. The van der Waals surface area contributed by atoms with Gasteiger partial charge >= 0.3 is 5.97 Å². The lowest BCUT2D eigenvalue weighted by Gasteiger charge is -2.15. The minimum Gasteiger partial charge on any atom is -0.480 e. The Kier molecular flexibility index (Phi) is 4.82. The van der Waals surface area contributed by atoms with Crippen LogP contribution < -0.4 is 5.32 Å². The van der Waals surface area contributed by atoms with Crippen LogP contribution in [0.15, 0.2) is 60.8 Å². The molecule has 0 saturated heterocycles. The number of aliphatic carboxylic acids is 1. The van der Waals surface area contributed by atoms with E-state index in [-0.39, 0.29) is 5.82 Å². The van der Waals surface area contributed by atoms with E-state index in [1.807, 2.05) is 30.3 Å². The summed E-state index contributed by atoms with van der Waals surface area (Å²) in [6.07, 6.45) is 1.98. The van der Waals surface area contributed by atoms with Crippen LogP contribution in [0, 0.1) is 5.82 Å². The van der Waals surface area contributed by atoms with Gasteiger partial charge in [-0.3, -0.25) is 15.1 Å². The van der Waals surface area contributed by atoms with E-state index in [4.69, 9.17) is 0 Å². The summed E-state index contributed by atoms with van der Waals surface area (Å²) in [5.74, 6) is -1.25. The summed E-state index contributed by atoms with van der Waals surface area (Å²) in [7, 11) is 0. The lowest BCUT2D eigenvalue weighted by Crippen LogP contribution is -2.38. The molecule has 0 saturated carbocycles. The van der Waals surface area contributed by atoms with E-state index in [2.05, 4.69) is 10.3 Å². The Balaban J connectivity index is 1.78. The Hall–Kier alpha value is -2.79. The van der Waals surface area contributed by atoms with E-state index in [1.165, 1.54) is 6.07 Å². The quantitative estimate of drug-likeness (QED) is 0.731. The standard InChI is InChI=1S/C19H17FN2O2/c20-16-9-8-14(18-15(16)7-4-10-21-18)12-22-17(19(23)24)11-13-5-2-1-3-6-13/h1-10,17,22H,11-12H2,(H,23,24)/t17-/m1/s1. The van der Waals surface area contributed by atoms with Crippen LogP contribution >= 0.6 is 0 Å². The molecule has 0 aliphatic carbocycles. The second-order valence-corrected chi connectivity index (χ2v) is 5.57. The van der Waals surface area contributed by atoms with E-state index >= 15 is 0 Å². The van der Waals surface area contributed by atoms with Crippen LogP contribution in [-0.2, 0) is 17.8 Å². The molecule has 0 unspecified atom stereocenters. The topological polar surface area (TPSA) is 62.2 Å². The third kappa shape index (κ3) is 3.58. The number of hydrogen-bond acceptors (Lipinski definition) is 3. The first kappa shape index (κ1) is 16.1. The number of nitrogens with zero attached hydrogens (tertiary/aromatic N) is 1. The van der Waals surface area contributed by atoms with E-state index in [0.717, 1.165) is 11.1 Å². The summed E-state index contributed by atoms with van der Waals surface area (Å²) in [5, 5.41) is 12.9. The summed E-state index contributed by atoms with van der Waals surface area (Å²) in [6.45, 7) is 0.303. The molecule has 122 valence electrons. The highest BCUT2D eigenvalue weighted by molar-refractivity contribution is 5.82. The summed E-state index contributed by atoms with van der Waals surface area (Å²) in [5.41, 5.74) is 2.26. The second kappa shape index (κ2) is 7.19. The maximum Gasteiger partial charge on any atom is 0.321 e. The van der Waals surface area contributed by atoms with Gasteiger partial charge in [-0.25, -0.2) is 4.39 Å². The predicted molar refractivity (Wildman–Crippen MR) is 90.1 cm³/mol. The molecule has 0 aliphatic rings. The van der Waals surface area contributed by atoms with Crippen LogP contribution in [0.5, 0.6) is 0 Å². The number of benzene rings is 2. The number of fused-ring (bicyclic) bond motifs is 1. The highest BCUT2D eigenvalue weighted by atomic mass is 19.1. The zero-order valence-electron chi connectivity index (χ0n) is 12.9. The molecular formula is C19H17FN2O2. The highest BCUT2D eigenvalue weighted by Gasteiger charge is 2.18. The molecule has 3 rings (SSSR count). The van der Waals surface area contributed by atoms with Crippen molar-refractivity contribution in [1.29, 1.82) is 0 Å². The average Bonchev–Trinajstić information content (AvgIpc) is 2.61. The average molecular weight is 324 g/mol. The van der Waals surface area contributed by atoms with E-state index < -0.39 is 12.0 Å². The first-order valence-corrected chi connectivity index (χ1v) is 7.67. The van der Waals surface area contributed by atoms with Gasteiger partial charge in [0.15, 0.2) is 0 Å². The van der Waals surface area contributed by atoms with Crippen LogP contribution in [-0.4, -0.2) is 22.1 Å². The van der Waals surface area contributed by atoms with Gasteiger partial charge in [0.05, 0.1) is 5.52 Å². The lowest BCUT2D eigenvalue weighted by atomic mass is 10.0. The van der Waals surface area contributed by atoms with Crippen molar-refractivity contribution >= 4 is 16.9 Å². The Morgan fingerprint density at radius 2 is 1.92 bits per heavy atom. The Morgan fingerprint density at radius 3 is 2.67 bits per heavy atom. The molecule has 4 nitrogen and oxygen atoms in total. The van der Waals surface area contributed by atoms with Gasteiger partial charge in [-0.1, -0.05) is 36.4 Å². The van der Waals surface area contributed by atoms with Gasteiger partial charge in [0, 0.05) is 18.1 Å². The number of aromatic nitrogens is 1. The lowest BCUT2D eigenvalue weighted by molar-refractivity contribution is -0.139. The van der Waals surface area contributed by atoms with Crippen LogP contribution in [0.4, 0.5) is 4.39 Å². The first-order chi connectivity index (χ1) is 11.6. The predicted octanol–water partition coefficient (Wildman–Crippen LogP) is 3.16. The molecule has 1 heterocycles. The molecule has 0 bridgehead atoms. The molecule has 2 N–H and O–H groups in total. The summed E-state index contributed by atoms with van der Waals surface area (Å²) < 4.78 is 13.8. The maximum absolute atomic E-state index is 13.8. The molecule has 0 spiro atoms. The molecule has 0 amide bonds. The minimum absolute atomic E-state index is 0.303. The molecule has 3 aromatic rings. The molecule has 1 atom stereocenters. The Morgan fingerprint density at radius 1 is 1.12 bits per heavy atom. The van der Waals surface area contributed by atoms with Gasteiger partial charge in [0.2, 0.25) is 0 Å². The van der Waals surface area contributed by atoms with E-state index in [0.29, 0.717) is 23.9 Å². The van der Waals surface area contributed by atoms with Crippen molar-refractivity contribution in [2.24, 2.45) is 0 Å². The number of halogens is 1. The van der Waals surface area contributed by atoms with E-state index in [1.54, 1.807) is 24.4 Å². The molecule has 1 aromatic heterocycles. The number of pyridine rings is 1. The summed E-state index contributed by atoms with van der Waals surface area (Å²) in [6, 6.07) is 15.1. The van der Waals surface area contributed by atoms with Crippen LogP contribution in [0.2, 0.25) is 0 Å². The van der Waals surface area contributed by atoms with Crippen molar-refractivity contribution in [1.82, 2.24) is 10.3 Å². The Labute approximate surface area is 139 Å². The first-order valence-electron chi connectivity index (χ1n) is 7.67. The van der Waals surface area contributed by atoms with Crippen molar-refractivity contribution in [3.05, 3.63) is 77.7 Å². The third-order valence-corrected chi connectivity index (χ3v) is 3.92. The van der Waals surface area contributed by atoms with Gasteiger partial charge in [-0.2, -0.15) is 0 Å². The van der Waals surface area contributed by atoms with Crippen LogP contribution in [0.3, 0.4) is 0 Å². The largest absolute Gasteiger partial charge is 0.480 e.